The van der Waals surface area contributed by atoms with Gasteiger partial charge < -0.3 is 10.2 Å². The maximum absolute atomic E-state index is 12.4. The molecule has 1 amide bonds. The minimum Gasteiger partial charge on any atom is -0.334 e. The number of piperidine rings is 1. The number of rotatable bonds is 2. The van der Waals surface area contributed by atoms with Crippen LogP contribution in [0.3, 0.4) is 0 Å². The van der Waals surface area contributed by atoms with Gasteiger partial charge in [0.1, 0.15) is 5.54 Å². The number of nitriles is 1. The van der Waals surface area contributed by atoms with Crippen molar-refractivity contribution in [2.75, 3.05) is 20.1 Å². The van der Waals surface area contributed by atoms with Gasteiger partial charge in [-0.1, -0.05) is 29.3 Å². The zero-order chi connectivity index (χ0) is 14.8. The smallest absolute Gasteiger partial charge is 0.255 e. The first-order valence-electron chi connectivity index (χ1n) is 6.34. The van der Waals surface area contributed by atoms with E-state index in [0.29, 0.717) is 12.8 Å². The van der Waals surface area contributed by atoms with E-state index in [-0.39, 0.29) is 15.6 Å². The van der Waals surface area contributed by atoms with Gasteiger partial charge in [-0.3, -0.25) is 4.79 Å². The Morgan fingerprint density at radius 2 is 1.90 bits per heavy atom. The molecule has 1 saturated heterocycles. The molecule has 0 aliphatic carbocycles. The van der Waals surface area contributed by atoms with Crippen molar-refractivity contribution in [3.63, 3.8) is 0 Å². The molecule has 4 nitrogen and oxygen atoms in total. The lowest BCUT2D eigenvalue weighted by atomic mass is 9.89. The molecule has 20 heavy (non-hydrogen) atoms. The first-order valence-corrected chi connectivity index (χ1v) is 7.09. The maximum atomic E-state index is 12.4. The summed E-state index contributed by atoms with van der Waals surface area (Å²) < 4.78 is 0. The summed E-state index contributed by atoms with van der Waals surface area (Å²) in [6, 6.07) is 7.12. The number of amides is 1. The highest BCUT2D eigenvalue weighted by Gasteiger charge is 2.36. The van der Waals surface area contributed by atoms with E-state index >= 15 is 0 Å². The molecule has 106 valence electrons. The molecule has 1 fully saturated rings. The normalized spacial score (nSPS) is 18.3. The van der Waals surface area contributed by atoms with Crippen LogP contribution in [-0.4, -0.2) is 36.5 Å². The summed E-state index contributed by atoms with van der Waals surface area (Å²) in [5.74, 6) is -0.397. The molecule has 1 aromatic carbocycles. The van der Waals surface area contributed by atoms with Crippen LogP contribution in [-0.2, 0) is 0 Å². The Hall–Kier alpha value is -1.28. The molecule has 0 bridgehead atoms. The van der Waals surface area contributed by atoms with Crippen LogP contribution in [0.25, 0.3) is 0 Å². The summed E-state index contributed by atoms with van der Waals surface area (Å²) in [6.45, 7) is 1.54. The second kappa shape index (κ2) is 6.01. The summed E-state index contributed by atoms with van der Waals surface area (Å²) in [4.78, 5) is 14.5. The van der Waals surface area contributed by atoms with Gasteiger partial charge in [-0.2, -0.15) is 5.26 Å². The number of likely N-dealkylation sites (tertiary alicyclic amines) is 1. The average molecular weight is 312 g/mol. The third-order valence-corrected chi connectivity index (χ3v) is 4.23. The minimum absolute atomic E-state index is 0.226. The SMILES string of the molecule is CN1CCC(C#N)(NC(=O)c2c(Cl)cccc2Cl)CC1. The predicted molar refractivity (Wildman–Crippen MR) is 79.0 cm³/mol. The van der Waals surface area contributed by atoms with E-state index in [4.69, 9.17) is 23.2 Å². The van der Waals surface area contributed by atoms with Crippen LogP contribution in [0.1, 0.15) is 23.2 Å². The van der Waals surface area contributed by atoms with Crippen molar-refractivity contribution in [1.82, 2.24) is 10.2 Å². The monoisotopic (exact) mass is 311 g/mol. The molecule has 1 aliphatic rings. The zero-order valence-electron chi connectivity index (χ0n) is 11.1. The largest absolute Gasteiger partial charge is 0.334 e. The van der Waals surface area contributed by atoms with E-state index < -0.39 is 11.4 Å². The number of nitrogens with zero attached hydrogens (tertiary/aromatic N) is 2. The highest BCUT2D eigenvalue weighted by atomic mass is 35.5. The second-order valence-corrected chi connectivity index (χ2v) is 5.86. The van der Waals surface area contributed by atoms with E-state index in [1.165, 1.54) is 0 Å². The Kier molecular flexibility index (Phi) is 4.54. The molecule has 1 aliphatic heterocycles. The molecule has 2 rings (SSSR count). The topological polar surface area (TPSA) is 56.1 Å². The molecule has 0 radical (unpaired) electrons. The van der Waals surface area contributed by atoms with Crippen molar-refractivity contribution in [2.45, 2.75) is 18.4 Å². The molecule has 0 spiro atoms. The summed E-state index contributed by atoms with van der Waals surface area (Å²) in [6.07, 6.45) is 1.18. The van der Waals surface area contributed by atoms with Crippen LogP contribution in [0.15, 0.2) is 18.2 Å². The third-order valence-electron chi connectivity index (χ3n) is 3.60. The Balaban J connectivity index is 2.21. The summed E-state index contributed by atoms with van der Waals surface area (Å²) in [5, 5.41) is 12.8. The molecule has 6 heteroatoms. The zero-order valence-corrected chi connectivity index (χ0v) is 12.6. The summed E-state index contributed by atoms with van der Waals surface area (Å²) in [7, 11) is 1.99. The lowest BCUT2D eigenvalue weighted by Crippen LogP contribution is -2.53. The van der Waals surface area contributed by atoms with Gasteiger partial charge in [-0.15, -0.1) is 0 Å². The minimum atomic E-state index is -0.841. The van der Waals surface area contributed by atoms with Crippen molar-refractivity contribution in [1.29, 1.82) is 5.26 Å². The Morgan fingerprint density at radius 3 is 2.40 bits per heavy atom. The van der Waals surface area contributed by atoms with Gasteiger partial charge in [0.2, 0.25) is 0 Å². The van der Waals surface area contributed by atoms with E-state index in [1.807, 2.05) is 7.05 Å². The number of hydrogen-bond donors (Lipinski definition) is 1. The second-order valence-electron chi connectivity index (χ2n) is 5.05. The Morgan fingerprint density at radius 1 is 1.35 bits per heavy atom. The summed E-state index contributed by atoms with van der Waals surface area (Å²) in [5.41, 5.74) is -0.615. The molecule has 0 aromatic heterocycles. The van der Waals surface area contributed by atoms with Gasteiger partial charge in [-0.25, -0.2) is 0 Å². The van der Waals surface area contributed by atoms with Crippen LogP contribution in [0.5, 0.6) is 0 Å². The molecular formula is C14H15Cl2N3O. The highest BCUT2D eigenvalue weighted by molar-refractivity contribution is 6.39. The number of hydrogen-bond acceptors (Lipinski definition) is 3. The van der Waals surface area contributed by atoms with Crippen LogP contribution in [0.2, 0.25) is 10.0 Å². The molecule has 1 N–H and O–H groups in total. The standard InChI is InChI=1S/C14H15Cl2N3O/c1-19-7-5-14(9-17,6-8-19)18-13(20)12-10(15)3-2-4-11(12)16/h2-4H,5-8H2,1H3,(H,18,20). The van der Waals surface area contributed by atoms with Crippen molar-refractivity contribution < 1.29 is 4.79 Å². The fraction of sp³-hybridized carbons (Fsp3) is 0.429. The van der Waals surface area contributed by atoms with Crippen molar-refractivity contribution in [3.05, 3.63) is 33.8 Å². The maximum Gasteiger partial charge on any atom is 0.255 e. The molecule has 0 saturated carbocycles. The first-order chi connectivity index (χ1) is 9.47. The van der Waals surface area contributed by atoms with Gasteiger partial charge >= 0.3 is 0 Å². The number of benzene rings is 1. The Bertz CT molecular complexity index is 540. The van der Waals surface area contributed by atoms with Crippen LogP contribution >= 0.6 is 23.2 Å². The van der Waals surface area contributed by atoms with Crippen LogP contribution < -0.4 is 5.32 Å². The lowest BCUT2D eigenvalue weighted by molar-refractivity contribution is 0.0882. The highest BCUT2D eigenvalue weighted by Crippen LogP contribution is 2.27. The van der Waals surface area contributed by atoms with Gasteiger partial charge in [0.15, 0.2) is 0 Å². The molecule has 0 unspecified atom stereocenters. The van der Waals surface area contributed by atoms with Gasteiger partial charge in [-0.05, 0) is 32.0 Å². The average Bonchev–Trinajstić information content (AvgIpc) is 2.41. The molecule has 1 aromatic rings. The number of nitrogens with one attached hydrogen (secondary N) is 1. The predicted octanol–water partition coefficient (Wildman–Crippen LogP) is 2.71. The fourth-order valence-electron chi connectivity index (χ4n) is 2.26. The van der Waals surface area contributed by atoms with E-state index in [9.17, 15) is 10.1 Å². The number of carbonyl (C=O) groups is 1. The number of halogens is 2. The van der Waals surface area contributed by atoms with Crippen molar-refractivity contribution >= 4 is 29.1 Å². The molecule has 0 atom stereocenters. The van der Waals surface area contributed by atoms with Crippen LogP contribution in [0, 0.1) is 11.3 Å². The van der Waals surface area contributed by atoms with E-state index in [2.05, 4.69) is 16.3 Å². The van der Waals surface area contributed by atoms with Gasteiger partial charge in [0.25, 0.3) is 5.91 Å². The summed E-state index contributed by atoms with van der Waals surface area (Å²) >= 11 is 12.0. The van der Waals surface area contributed by atoms with E-state index in [1.54, 1.807) is 18.2 Å². The first kappa shape index (κ1) is 15.1. The fourth-order valence-corrected chi connectivity index (χ4v) is 2.83. The number of carbonyl (C=O) groups excluding carboxylic acids is 1. The quantitative estimate of drug-likeness (QED) is 0.913. The van der Waals surface area contributed by atoms with E-state index in [0.717, 1.165) is 13.1 Å². The Labute approximate surface area is 128 Å². The molecule has 1 heterocycles. The van der Waals surface area contributed by atoms with Gasteiger partial charge in [0.05, 0.1) is 21.7 Å². The third kappa shape index (κ3) is 3.06. The van der Waals surface area contributed by atoms with Gasteiger partial charge in [0, 0.05) is 13.1 Å². The van der Waals surface area contributed by atoms with Crippen molar-refractivity contribution in [2.24, 2.45) is 0 Å². The van der Waals surface area contributed by atoms with Crippen LogP contribution in [0.4, 0.5) is 0 Å². The van der Waals surface area contributed by atoms with Crippen molar-refractivity contribution in [3.8, 4) is 6.07 Å². The lowest BCUT2D eigenvalue weighted by Gasteiger charge is -2.36. The molecular weight excluding hydrogens is 297 g/mol.